The van der Waals surface area contributed by atoms with Gasteiger partial charge in [0.05, 0.1) is 4.90 Å². The average molecular weight is 487 g/mol. The molecule has 1 aromatic carbocycles. The summed E-state index contributed by atoms with van der Waals surface area (Å²) in [6.07, 6.45) is 1.89. The summed E-state index contributed by atoms with van der Waals surface area (Å²) in [4.78, 5) is 40.9. The molecule has 0 saturated heterocycles. The van der Waals surface area contributed by atoms with Crippen LogP contribution in [0.2, 0.25) is 0 Å². The molecular weight excluding hydrogens is 458 g/mol. The summed E-state index contributed by atoms with van der Waals surface area (Å²) in [5.41, 5.74) is 4.40. The molecule has 0 radical (unpaired) electrons. The van der Waals surface area contributed by atoms with Gasteiger partial charge in [-0.05, 0) is 43.0 Å². The molecule has 0 saturated carbocycles. The number of nitrogen functional groups attached to an aromatic ring is 1. The van der Waals surface area contributed by atoms with Crippen LogP contribution in [0.1, 0.15) is 50.4 Å². The zero-order valence-electron chi connectivity index (χ0n) is 18.7. The number of sulfone groups is 1. The first-order valence-corrected chi connectivity index (χ1v) is 12.0. The zero-order valence-corrected chi connectivity index (χ0v) is 19.5. The van der Waals surface area contributed by atoms with Crippen LogP contribution < -0.4 is 21.9 Å². The molecule has 0 aliphatic rings. The molecule has 12 heteroatoms. The Morgan fingerprint density at radius 1 is 1.18 bits per heavy atom. The van der Waals surface area contributed by atoms with Gasteiger partial charge >= 0.3 is 11.4 Å². The number of anilines is 2. The number of nitrogens with two attached hydrogens (primary N) is 1. The average Bonchev–Trinajstić information content (AvgIpc) is 2.75. The summed E-state index contributed by atoms with van der Waals surface area (Å²) < 4.78 is 50.1. The molecule has 9 nitrogen and oxygen atoms in total. The number of carbonyl (C=O) groups is 1. The van der Waals surface area contributed by atoms with Crippen molar-refractivity contribution in [1.29, 1.82) is 0 Å². The minimum Gasteiger partial charge on any atom is -0.383 e. The number of rotatable bonds is 10. The summed E-state index contributed by atoms with van der Waals surface area (Å²) in [6.45, 7) is 6.10. The summed E-state index contributed by atoms with van der Waals surface area (Å²) >= 11 is 0. The molecule has 2 rings (SSSR count). The molecule has 0 bridgehead atoms. The summed E-state index contributed by atoms with van der Waals surface area (Å²) in [7, 11) is -4.82. The lowest BCUT2D eigenvalue weighted by atomic mass is 10.1. The molecule has 0 aliphatic heterocycles. The highest BCUT2D eigenvalue weighted by Gasteiger charge is 2.28. The van der Waals surface area contributed by atoms with Crippen LogP contribution in [0.25, 0.3) is 0 Å². The van der Waals surface area contributed by atoms with Gasteiger partial charge in [-0.3, -0.25) is 19.1 Å². The van der Waals surface area contributed by atoms with Crippen LogP contribution in [0, 0.1) is 5.92 Å². The maximum absolute atomic E-state index is 13.3. The van der Waals surface area contributed by atoms with Crippen LogP contribution in [0.15, 0.2) is 38.8 Å². The largest absolute Gasteiger partial charge is 0.383 e. The highest BCUT2D eigenvalue weighted by molar-refractivity contribution is 7.91. The number of hydrogen-bond donors (Lipinski definition) is 2. The van der Waals surface area contributed by atoms with E-state index in [1.807, 2.05) is 20.8 Å². The van der Waals surface area contributed by atoms with Crippen molar-refractivity contribution in [2.24, 2.45) is 5.92 Å². The van der Waals surface area contributed by atoms with E-state index in [1.165, 1.54) is 4.57 Å². The summed E-state index contributed by atoms with van der Waals surface area (Å²) in [5, 5.41) is 0. The normalized spacial score (nSPS) is 11.8. The number of carbonyl (C=O) groups excluding carboxylic acids is 1. The van der Waals surface area contributed by atoms with Crippen LogP contribution in [0.3, 0.4) is 0 Å². The van der Waals surface area contributed by atoms with Crippen molar-refractivity contribution in [3.05, 3.63) is 50.7 Å². The van der Waals surface area contributed by atoms with Gasteiger partial charge in [-0.2, -0.15) is 8.78 Å². The fraction of sp³-hybridized carbons (Fsp3) is 0.476. The predicted octanol–water partition coefficient (Wildman–Crippen LogP) is 2.61. The molecule has 0 spiro atoms. The first-order valence-electron chi connectivity index (χ1n) is 10.5. The highest BCUT2D eigenvalue weighted by Crippen LogP contribution is 2.23. The van der Waals surface area contributed by atoms with Gasteiger partial charge in [-0.25, -0.2) is 13.2 Å². The number of alkyl halides is 2. The topological polar surface area (TPSA) is 135 Å². The molecule has 0 atom stereocenters. The maximum atomic E-state index is 13.3. The number of hydrogen-bond acceptors (Lipinski definition) is 6. The smallest absolute Gasteiger partial charge is 0.341 e. The molecule has 1 amide bonds. The van der Waals surface area contributed by atoms with Gasteiger partial charge in [0.15, 0.2) is 5.69 Å². The summed E-state index contributed by atoms with van der Waals surface area (Å²) in [6, 6.07) is 4.01. The minimum atomic E-state index is -4.82. The molecule has 33 heavy (non-hydrogen) atoms. The van der Waals surface area contributed by atoms with Crippen molar-refractivity contribution >= 4 is 27.2 Å². The number of benzene rings is 1. The molecule has 3 N–H and O–H groups in total. The van der Waals surface area contributed by atoms with Gasteiger partial charge in [0.1, 0.15) is 5.82 Å². The highest BCUT2D eigenvalue weighted by atomic mass is 32.2. The third kappa shape index (κ3) is 5.86. The van der Waals surface area contributed by atoms with Gasteiger partial charge in [-0.1, -0.05) is 27.2 Å². The second-order valence-corrected chi connectivity index (χ2v) is 9.89. The van der Waals surface area contributed by atoms with Crippen LogP contribution in [0.5, 0.6) is 0 Å². The van der Waals surface area contributed by atoms with E-state index in [4.69, 9.17) is 5.73 Å². The monoisotopic (exact) mass is 486 g/mol. The predicted molar refractivity (Wildman–Crippen MR) is 121 cm³/mol. The first-order chi connectivity index (χ1) is 15.4. The Bertz CT molecular complexity index is 1200. The van der Waals surface area contributed by atoms with Crippen molar-refractivity contribution in [2.45, 2.75) is 57.2 Å². The Hall–Kier alpha value is -3.02. The van der Waals surface area contributed by atoms with Crippen LogP contribution >= 0.6 is 0 Å². The van der Waals surface area contributed by atoms with Crippen LogP contribution in [-0.2, 0) is 16.4 Å². The standard InChI is InChI=1S/C21H28F2N4O5S/c1-4-5-11-27-17(24)16(18(28)25-21(27)30)26(12-10-13(2)3)19(29)14-6-8-15(9-7-14)33(31,32)20(22)23/h6-9,13,20H,4-5,10-12,24H2,1-3H3,(H,25,28,30). The van der Waals surface area contributed by atoms with Crippen molar-refractivity contribution in [3.8, 4) is 0 Å². The Kier molecular flexibility index (Phi) is 8.53. The quantitative estimate of drug-likeness (QED) is 0.530. The second-order valence-electron chi connectivity index (χ2n) is 7.97. The van der Waals surface area contributed by atoms with Crippen molar-refractivity contribution < 1.29 is 22.0 Å². The fourth-order valence-electron chi connectivity index (χ4n) is 3.12. The Balaban J connectivity index is 2.57. The molecule has 0 aliphatic carbocycles. The number of H-pyrrole nitrogens is 1. The fourth-order valence-corrected chi connectivity index (χ4v) is 3.85. The van der Waals surface area contributed by atoms with Crippen molar-refractivity contribution in [3.63, 3.8) is 0 Å². The van der Waals surface area contributed by atoms with E-state index in [9.17, 15) is 31.6 Å². The van der Waals surface area contributed by atoms with E-state index in [0.29, 0.717) is 12.8 Å². The third-order valence-corrected chi connectivity index (χ3v) is 6.46. The van der Waals surface area contributed by atoms with Gasteiger partial charge in [-0.15, -0.1) is 0 Å². The molecule has 2 aromatic rings. The number of aromatic amines is 1. The lowest BCUT2D eigenvalue weighted by Crippen LogP contribution is -2.42. The van der Waals surface area contributed by atoms with E-state index in [2.05, 4.69) is 4.98 Å². The number of halogens is 2. The van der Waals surface area contributed by atoms with Crippen LogP contribution in [-0.4, -0.2) is 36.2 Å². The lowest BCUT2D eigenvalue weighted by Gasteiger charge is -2.25. The second kappa shape index (κ2) is 10.7. The summed E-state index contributed by atoms with van der Waals surface area (Å²) in [5.74, 6) is -4.28. The lowest BCUT2D eigenvalue weighted by molar-refractivity contribution is 0.0985. The Labute approximate surface area is 190 Å². The Morgan fingerprint density at radius 3 is 2.30 bits per heavy atom. The number of amides is 1. The van der Waals surface area contributed by atoms with Crippen molar-refractivity contribution in [2.75, 3.05) is 17.2 Å². The maximum Gasteiger partial charge on any atom is 0.341 e. The molecule has 1 aromatic heterocycles. The number of unbranched alkanes of at least 4 members (excludes halogenated alkanes) is 1. The molecule has 0 unspecified atom stereocenters. The van der Waals surface area contributed by atoms with Crippen molar-refractivity contribution in [1.82, 2.24) is 9.55 Å². The SMILES string of the molecule is CCCCn1c(N)c(N(CCC(C)C)C(=O)c2ccc(S(=O)(=O)C(F)F)cc2)c(=O)[nH]c1=O. The number of nitrogens with one attached hydrogen (secondary N) is 1. The zero-order chi connectivity index (χ0) is 24.9. The molecular formula is C21H28F2N4O5S. The van der Waals surface area contributed by atoms with E-state index in [0.717, 1.165) is 35.6 Å². The van der Waals surface area contributed by atoms with E-state index in [-0.39, 0.29) is 36.1 Å². The van der Waals surface area contributed by atoms with Gasteiger partial charge in [0, 0.05) is 18.7 Å². The number of aromatic nitrogens is 2. The molecule has 1 heterocycles. The Morgan fingerprint density at radius 2 is 1.79 bits per heavy atom. The van der Waals surface area contributed by atoms with Gasteiger partial charge in [0.2, 0.25) is 9.84 Å². The first kappa shape index (κ1) is 26.2. The third-order valence-electron chi connectivity index (χ3n) is 5.06. The van der Waals surface area contributed by atoms with E-state index >= 15 is 0 Å². The van der Waals surface area contributed by atoms with Gasteiger partial charge < -0.3 is 10.6 Å². The van der Waals surface area contributed by atoms with E-state index < -0.39 is 37.6 Å². The minimum absolute atomic E-state index is 0.0305. The molecule has 182 valence electrons. The number of nitrogens with zero attached hydrogens (tertiary/aromatic N) is 2. The molecule has 0 fully saturated rings. The van der Waals surface area contributed by atoms with E-state index in [1.54, 1.807) is 0 Å². The van der Waals surface area contributed by atoms with Crippen LogP contribution in [0.4, 0.5) is 20.3 Å². The van der Waals surface area contributed by atoms with Gasteiger partial charge in [0.25, 0.3) is 11.5 Å².